The zero-order valence-corrected chi connectivity index (χ0v) is 16.8. The number of rotatable bonds is 7. The summed E-state index contributed by atoms with van der Waals surface area (Å²) in [5, 5.41) is 2.65. The molecule has 28 heavy (non-hydrogen) atoms. The Morgan fingerprint density at radius 3 is 2.25 bits per heavy atom. The molecule has 0 spiro atoms. The van der Waals surface area contributed by atoms with Crippen molar-refractivity contribution in [3.63, 3.8) is 0 Å². The van der Waals surface area contributed by atoms with Crippen molar-refractivity contribution in [3.05, 3.63) is 54.1 Å². The number of hydrogen-bond acceptors (Lipinski definition) is 6. The van der Waals surface area contributed by atoms with E-state index in [0.29, 0.717) is 22.7 Å². The van der Waals surface area contributed by atoms with Gasteiger partial charge in [-0.3, -0.25) is 9.10 Å². The summed E-state index contributed by atoms with van der Waals surface area (Å²) >= 11 is 0. The van der Waals surface area contributed by atoms with Crippen LogP contribution in [0.1, 0.15) is 17.3 Å². The lowest BCUT2D eigenvalue weighted by Crippen LogP contribution is -2.45. The van der Waals surface area contributed by atoms with Crippen LogP contribution < -0.4 is 14.4 Å². The molecule has 0 heterocycles. The number of hydrogen-bond donors (Lipinski definition) is 1. The molecule has 2 aromatic carbocycles. The van der Waals surface area contributed by atoms with Gasteiger partial charge >= 0.3 is 5.97 Å². The fourth-order valence-corrected chi connectivity index (χ4v) is 3.78. The van der Waals surface area contributed by atoms with E-state index in [-0.39, 0.29) is 0 Å². The van der Waals surface area contributed by atoms with Crippen molar-refractivity contribution in [2.75, 3.05) is 30.1 Å². The molecule has 0 radical (unpaired) electrons. The standard InChI is InChI=1S/C19H22N2O6S/c1-13(18(22)20-15-10-8-14(9-11-15)19(23)27-3)21(28(4,24)25)16-6-5-7-17(12-16)26-2/h5-13H,1-4H3,(H,20,22)/t13-/m1/s1. The summed E-state index contributed by atoms with van der Waals surface area (Å²) in [6.45, 7) is 1.48. The highest BCUT2D eigenvalue weighted by molar-refractivity contribution is 7.92. The lowest BCUT2D eigenvalue weighted by molar-refractivity contribution is -0.116. The lowest BCUT2D eigenvalue weighted by Gasteiger charge is -2.28. The Morgan fingerprint density at radius 2 is 1.71 bits per heavy atom. The smallest absolute Gasteiger partial charge is 0.337 e. The minimum absolute atomic E-state index is 0.311. The Balaban J connectivity index is 2.25. The van der Waals surface area contributed by atoms with Gasteiger partial charge in [0.1, 0.15) is 11.8 Å². The number of methoxy groups -OCH3 is 2. The lowest BCUT2D eigenvalue weighted by atomic mass is 10.2. The molecule has 150 valence electrons. The van der Waals surface area contributed by atoms with Crippen molar-refractivity contribution in [2.45, 2.75) is 13.0 Å². The molecule has 8 nitrogen and oxygen atoms in total. The van der Waals surface area contributed by atoms with Crippen LogP contribution in [-0.2, 0) is 19.6 Å². The van der Waals surface area contributed by atoms with Crippen LogP contribution in [0.3, 0.4) is 0 Å². The third kappa shape index (κ3) is 5.01. The summed E-state index contributed by atoms with van der Waals surface area (Å²) in [5.74, 6) is -0.552. The van der Waals surface area contributed by atoms with E-state index in [2.05, 4.69) is 10.1 Å². The number of carbonyl (C=O) groups is 2. The normalized spacial score (nSPS) is 12.0. The van der Waals surface area contributed by atoms with Gasteiger partial charge in [0.15, 0.2) is 0 Å². The largest absolute Gasteiger partial charge is 0.497 e. The van der Waals surface area contributed by atoms with Gasteiger partial charge in [-0.2, -0.15) is 0 Å². The second-order valence-electron chi connectivity index (χ2n) is 5.99. The van der Waals surface area contributed by atoms with Crippen LogP contribution in [0.5, 0.6) is 5.75 Å². The number of anilines is 2. The van der Waals surface area contributed by atoms with E-state index < -0.39 is 27.9 Å². The number of amides is 1. The fourth-order valence-electron chi connectivity index (χ4n) is 2.61. The summed E-state index contributed by atoms with van der Waals surface area (Å²) in [7, 11) is -0.999. The molecule has 0 aromatic heterocycles. The first-order valence-electron chi connectivity index (χ1n) is 8.30. The van der Waals surface area contributed by atoms with Gasteiger partial charge in [-0.1, -0.05) is 6.07 Å². The van der Waals surface area contributed by atoms with Gasteiger partial charge in [0, 0.05) is 11.8 Å². The summed E-state index contributed by atoms with van der Waals surface area (Å²) < 4.78 is 35.4. The number of nitrogens with one attached hydrogen (secondary N) is 1. The monoisotopic (exact) mass is 406 g/mol. The molecule has 2 aromatic rings. The van der Waals surface area contributed by atoms with Crippen LogP contribution in [-0.4, -0.2) is 46.8 Å². The Hall–Kier alpha value is -3.07. The van der Waals surface area contributed by atoms with Crippen LogP contribution in [0.4, 0.5) is 11.4 Å². The Morgan fingerprint density at radius 1 is 1.07 bits per heavy atom. The molecule has 2 rings (SSSR count). The SMILES string of the molecule is COC(=O)c1ccc(NC(=O)[C@@H](C)N(c2cccc(OC)c2)S(C)(=O)=O)cc1. The summed E-state index contributed by atoms with van der Waals surface area (Å²) in [5.41, 5.74) is 1.07. The minimum atomic E-state index is -3.75. The second-order valence-corrected chi connectivity index (χ2v) is 7.85. The molecule has 1 atom stereocenters. The molecule has 0 aliphatic rings. The molecule has 0 fully saturated rings. The van der Waals surface area contributed by atoms with Crippen LogP contribution in [0, 0.1) is 0 Å². The van der Waals surface area contributed by atoms with E-state index in [1.807, 2.05) is 0 Å². The maximum Gasteiger partial charge on any atom is 0.337 e. The minimum Gasteiger partial charge on any atom is -0.497 e. The molecule has 0 aliphatic carbocycles. The summed E-state index contributed by atoms with van der Waals surface area (Å²) in [6.07, 6.45) is 1.03. The van der Waals surface area contributed by atoms with Gasteiger partial charge in [-0.05, 0) is 43.3 Å². The topological polar surface area (TPSA) is 102 Å². The van der Waals surface area contributed by atoms with Crippen LogP contribution in [0.25, 0.3) is 0 Å². The van der Waals surface area contributed by atoms with Gasteiger partial charge in [0.05, 0.1) is 31.7 Å². The van der Waals surface area contributed by atoms with E-state index in [4.69, 9.17) is 4.74 Å². The predicted molar refractivity (Wildman–Crippen MR) is 106 cm³/mol. The van der Waals surface area contributed by atoms with Crippen LogP contribution in [0.2, 0.25) is 0 Å². The molecule has 0 aliphatic heterocycles. The zero-order chi connectivity index (χ0) is 20.9. The third-order valence-corrected chi connectivity index (χ3v) is 5.21. The summed E-state index contributed by atoms with van der Waals surface area (Å²) in [6, 6.07) is 11.5. The number of sulfonamides is 1. The van der Waals surface area contributed by atoms with E-state index in [1.165, 1.54) is 51.5 Å². The first-order chi connectivity index (χ1) is 13.2. The molecular weight excluding hydrogens is 384 g/mol. The Kier molecular flexibility index (Phi) is 6.63. The Bertz CT molecular complexity index is 957. The average Bonchev–Trinajstić information content (AvgIpc) is 2.67. The molecule has 0 bridgehead atoms. The molecule has 0 unspecified atom stereocenters. The Labute approximate surface area is 164 Å². The average molecular weight is 406 g/mol. The molecule has 1 N–H and O–H groups in total. The van der Waals surface area contributed by atoms with Crippen molar-refractivity contribution in [1.82, 2.24) is 0 Å². The van der Waals surface area contributed by atoms with Gasteiger partial charge in [0.25, 0.3) is 0 Å². The van der Waals surface area contributed by atoms with Crippen molar-refractivity contribution >= 4 is 33.3 Å². The number of benzene rings is 2. The highest BCUT2D eigenvalue weighted by Crippen LogP contribution is 2.25. The number of esters is 1. The maximum absolute atomic E-state index is 12.7. The number of nitrogens with zero attached hydrogens (tertiary/aromatic N) is 1. The van der Waals surface area contributed by atoms with Crippen molar-refractivity contribution in [2.24, 2.45) is 0 Å². The third-order valence-electron chi connectivity index (χ3n) is 3.97. The molecule has 1 amide bonds. The number of carbonyl (C=O) groups excluding carboxylic acids is 2. The first kappa shape index (κ1) is 21.2. The van der Waals surface area contributed by atoms with E-state index in [9.17, 15) is 18.0 Å². The van der Waals surface area contributed by atoms with Gasteiger partial charge in [-0.15, -0.1) is 0 Å². The molecule has 9 heteroatoms. The highest BCUT2D eigenvalue weighted by Gasteiger charge is 2.29. The number of ether oxygens (including phenoxy) is 2. The fraction of sp³-hybridized carbons (Fsp3) is 0.263. The van der Waals surface area contributed by atoms with Gasteiger partial charge < -0.3 is 14.8 Å². The van der Waals surface area contributed by atoms with E-state index >= 15 is 0 Å². The molecule has 0 saturated carbocycles. The second kappa shape index (κ2) is 8.75. The molecule has 0 saturated heterocycles. The highest BCUT2D eigenvalue weighted by atomic mass is 32.2. The van der Waals surface area contributed by atoms with Gasteiger partial charge in [-0.25, -0.2) is 13.2 Å². The van der Waals surface area contributed by atoms with Crippen LogP contribution in [0.15, 0.2) is 48.5 Å². The maximum atomic E-state index is 12.7. The summed E-state index contributed by atoms with van der Waals surface area (Å²) in [4.78, 5) is 24.1. The quantitative estimate of drug-likeness (QED) is 0.708. The van der Waals surface area contributed by atoms with E-state index in [0.717, 1.165) is 10.6 Å². The van der Waals surface area contributed by atoms with Gasteiger partial charge in [0.2, 0.25) is 15.9 Å². The van der Waals surface area contributed by atoms with Crippen LogP contribution >= 0.6 is 0 Å². The van der Waals surface area contributed by atoms with Crippen molar-refractivity contribution in [3.8, 4) is 5.75 Å². The first-order valence-corrected chi connectivity index (χ1v) is 10.1. The van der Waals surface area contributed by atoms with E-state index in [1.54, 1.807) is 18.2 Å². The predicted octanol–water partition coefficient (Wildman–Crippen LogP) is 2.28. The zero-order valence-electron chi connectivity index (χ0n) is 16.0. The van der Waals surface area contributed by atoms with Crippen molar-refractivity contribution < 1.29 is 27.5 Å². The van der Waals surface area contributed by atoms with Crippen molar-refractivity contribution in [1.29, 1.82) is 0 Å². The molecular formula is C19H22N2O6S.